The van der Waals surface area contributed by atoms with Gasteiger partial charge in [0.05, 0.1) is 5.92 Å². The van der Waals surface area contributed by atoms with Crippen LogP contribution in [-0.4, -0.2) is 39.9 Å². The summed E-state index contributed by atoms with van der Waals surface area (Å²) >= 11 is 0. The van der Waals surface area contributed by atoms with Crippen molar-refractivity contribution < 1.29 is 23.5 Å². The Labute approximate surface area is 84.9 Å². The van der Waals surface area contributed by atoms with Gasteiger partial charge in [-0.05, 0) is 12.8 Å². The molecule has 6 heteroatoms. The predicted molar refractivity (Wildman–Crippen MR) is 45.4 cm³/mol. The number of halogens is 2. The molecule has 1 saturated carbocycles. The van der Waals surface area contributed by atoms with Crippen molar-refractivity contribution in [2.45, 2.75) is 37.8 Å². The first kappa shape index (κ1) is 10.3. The molecule has 0 aromatic heterocycles. The van der Waals surface area contributed by atoms with E-state index in [1.54, 1.807) is 0 Å². The average Bonchev–Trinajstić information content (AvgIpc) is 2.68. The molecule has 1 N–H and O–H groups in total. The van der Waals surface area contributed by atoms with Crippen molar-refractivity contribution in [3.8, 4) is 0 Å². The molecule has 84 valence electrons. The highest BCUT2D eigenvalue weighted by molar-refractivity contribution is 5.83. The molecular weight excluding hydrogens is 208 g/mol. The van der Waals surface area contributed by atoms with Gasteiger partial charge in [0, 0.05) is 6.92 Å². The largest absolute Gasteiger partial charge is 0.480 e. The van der Waals surface area contributed by atoms with E-state index >= 15 is 0 Å². The summed E-state index contributed by atoms with van der Waals surface area (Å²) in [5.74, 6) is -5.52. The Morgan fingerprint density at radius 1 is 1.40 bits per heavy atom. The maximum absolute atomic E-state index is 13.2. The molecule has 0 radical (unpaired) electrons. The first-order valence-corrected chi connectivity index (χ1v) is 4.77. The van der Waals surface area contributed by atoms with Gasteiger partial charge in [-0.1, -0.05) is 0 Å². The lowest BCUT2D eigenvalue weighted by Gasteiger charge is -2.30. The SMILES string of the molecule is CC(=O)N1C2C(CC[C@@H]1C(=O)O)C2(F)F. The van der Waals surface area contributed by atoms with Crippen LogP contribution in [0.5, 0.6) is 0 Å². The van der Waals surface area contributed by atoms with Gasteiger partial charge in [-0.25, -0.2) is 13.6 Å². The van der Waals surface area contributed by atoms with Gasteiger partial charge in [-0.15, -0.1) is 0 Å². The van der Waals surface area contributed by atoms with Crippen LogP contribution in [0.3, 0.4) is 0 Å². The third-order valence-electron chi connectivity index (χ3n) is 3.20. The zero-order chi connectivity index (χ0) is 11.4. The number of amides is 1. The summed E-state index contributed by atoms with van der Waals surface area (Å²) in [4.78, 5) is 22.8. The highest BCUT2D eigenvalue weighted by Crippen LogP contribution is 2.58. The average molecular weight is 219 g/mol. The van der Waals surface area contributed by atoms with E-state index in [0.29, 0.717) is 0 Å². The number of carbonyl (C=O) groups excluding carboxylic acids is 1. The van der Waals surface area contributed by atoms with Gasteiger partial charge in [0.2, 0.25) is 5.91 Å². The zero-order valence-electron chi connectivity index (χ0n) is 8.11. The second kappa shape index (κ2) is 2.90. The Morgan fingerprint density at radius 3 is 2.47 bits per heavy atom. The molecule has 1 aliphatic carbocycles. The van der Waals surface area contributed by atoms with Crippen molar-refractivity contribution >= 4 is 11.9 Å². The minimum absolute atomic E-state index is 0.117. The van der Waals surface area contributed by atoms with Crippen molar-refractivity contribution in [1.82, 2.24) is 4.90 Å². The van der Waals surface area contributed by atoms with Crippen molar-refractivity contribution in [2.24, 2.45) is 5.92 Å². The molecule has 2 aliphatic rings. The number of fused-ring (bicyclic) bond motifs is 1. The molecule has 1 amide bonds. The van der Waals surface area contributed by atoms with E-state index < -0.39 is 35.8 Å². The van der Waals surface area contributed by atoms with E-state index in [1.807, 2.05) is 0 Å². The highest BCUT2D eigenvalue weighted by Gasteiger charge is 2.73. The molecule has 0 bridgehead atoms. The number of hydrogen-bond acceptors (Lipinski definition) is 2. The van der Waals surface area contributed by atoms with Crippen LogP contribution in [0.25, 0.3) is 0 Å². The molecule has 0 aromatic carbocycles. The van der Waals surface area contributed by atoms with Crippen LogP contribution in [0.15, 0.2) is 0 Å². The molecule has 3 atom stereocenters. The summed E-state index contributed by atoms with van der Waals surface area (Å²) in [6.45, 7) is 1.13. The monoisotopic (exact) mass is 219 g/mol. The van der Waals surface area contributed by atoms with Crippen LogP contribution in [0.4, 0.5) is 8.78 Å². The van der Waals surface area contributed by atoms with Crippen molar-refractivity contribution in [2.75, 3.05) is 0 Å². The van der Waals surface area contributed by atoms with Gasteiger partial charge in [0.15, 0.2) is 0 Å². The van der Waals surface area contributed by atoms with Crippen LogP contribution in [0.1, 0.15) is 19.8 Å². The molecule has 0 spiro atoms. The molecule has 2 rings (SSSR count). The van der Waals surface area contributed by atoms with Crippen molar-refractivity contribution in [3.63, 3.8) is 0 Å². The third kappa shape index (κ3) is 1.31. The van der Waals surface area contributed by atoms with Gasteiger partial charge in [-0.2, -0.15) is 0 Å². The maximum Gasteiger partial charge on any atom is 0.326 e. The predicted octanol–water partition coefficient (Wildman–Crippen LogP) is 0.716. The summed E-state index contributed by atoms with van der Waals surface area (Å²) in [5, 5.41) is 8.83. The first-order valence-electron chi connectivity index (χ1n) is 4.77. The highest BCUT2D eigenvalue weighted by atomic mass is 19.3. The van der Waals surface area contributed by atoms with E-state index in [4.69, 9.17) is 5.11 Å². The van der Waals surface area contributed by atoms with E-state index in [2.05, 4.69) is 0 Å². The standard InChI is InChI=1S/C9H11F2NO3/c1-4(13)12-6(8(14)15)3-2-5-7(12)9(5,10)11/h5-7H,2-3H2,1H3,(H,14,15)/t5?,6-,7?/m1/s1. The Morgan fingerprint density at radius 2 is 2.00 bits per heavy atom. The van der Waals surface area contributed by atoms with Crippen molar-refractivity contribution in [1.29, 1.82) is 0 Å². The van der Waals surface area contributed by atoms with Gasteiger partial charge < -0.3 is 10.0 Å². The molecule has 2 unspecified atom stereocenters. The lowest BCUT2D eigenvalue weighted by Crippen LogP contribution is -2.49. The minimum atomic E-state index is -2.89. The molecule has 1 aliphatic heterocycles. The number of likely N-dealkylation sites (tertiary alicyclic amines) is 1. The third-order valence-corrected chi connectivity index (χ3v) is 3.20. The zero-order valence-corrected chi connectivity index (χ0v) is 8.11. The molecule has 0 aromatic rings. The van der Waals surface area contributed by atoms with Gasteiger partial charge in [0.1, 0.15) is 12.1 Å². The minimum Gasteiger partial charge on any atom is -0.480 e. The molecule has 15 heavy (non-hydrogen) atoms. The fourth-order valence-corrected chi connectivity index (χ4v) is 2.43. The Balaban J connectivity index is 2.25. The quantitative estimate of drug-likeness (QED) is 0.706. The Bertz CT molecular complexity index is 331. The summed E-state index contributed by atoms with van der Waals surface area (Å²) in [5.41, 5.74) is 0. The lowest BCUT2D eigenvalue weighted by molar-refractivity contribution is -0.152. The number of piperidine rings is 1. The summed E-state index contributed by atoms with van der Waals surface area (Å²) in [6.07, 6.45) is 0.296. The number of aliphatic carboxylic acids is 1. The number of carboxylic acid groups (broad SMARTS) is 1. The smallest absolute Gasteiger partial charge is 0.326 e. The van der Waals surface area contributed by atoms with Crippen LogP contribution in [0.2, 0.25) is 0 Å². The van der Waals surface area contributed by atoms with Crippen LogP contribution < -0.4 is 0 Å². The fourth-order valence-electron chi connectivity index (χ4n) is 2.43. The second-order valence-electron chi connectivity index (χ2n) is 4.08. The second-order valence-corrected chi connectivity index (χ2v) is 4.08. The molecule has 1 saturated heterocycles. The van der Waals surface area contributed by atoms with E-state index in [1.165, 1.54) is 0 Å². The van der Waals surface area contributed by atoms with E-state index in [-0.39, 0.29) is 12.8 Å². The molecular formula is C9H11F2NO3. The van der Waals surface area contributed by atoms with Gasteiger partial charge >= 0.3 is 5.97 Å². The number of nitrogens with zero attached hydrogens (tertiary/aromatic N) is 1. The summed E-state index contributed by atoms with van der Waals surface area (Å²) < 4.78 is 26.3. The first-order chi connectivity index (χ1) is 6.87. The van der Waals surface area contributed by atoms with Crippen molar-refractivity contribution in [3.05, 3.63) is 0 Å². The number of hydrogen-bond donors (Lipinski definition) is 1. The van der Waals surface area contributed by atoms with Gasteiger partial charge in [-0.3, -0.25) is 4.79 Å². The summed E-state index contributed by atoms with van der Waals surface area (Å²) in [7, 11) is 0. The normalized spacial score (nSPS) is 37.0. The van der Waals surface area contributed by atoms with E-state index in [9.17, 15) is 18.4 Å². The molecule has 2 fully saturated rings. The van der Waals surface area contributed by atoms with Crippen LogP contribution in [-0.2, 0) is 9.59 Å². The Kier molecular flexibility index (Phi) is 1.99. The number of rotatable bonds is 1. The topological polar surface area (TPSA) is 57.6 Å². The summed E-state index contributed by atoms with van der Waals surface area (Å²) in [6, 6.07) is -2.28. The lowest BCUT2D eigenvalue weighted by atomic mass is 10.0. The van der Waals surface area contributed by atoms with Crippen LogP contribution in [0, 0.1) is 5.92 Å². The number of carboxylic acids is 1. The van der Waals surface area contributed by atoms with Gasteiger partial charge in [0.25, 0.3) is 5.92 Å². The fraction of sp³-hybridized carbons (Fsp3) is 0.778. The van der Waals surface area contributed by atoms with Crippen LogP contribution >= 0.6 is 0 Å². The molecule has 4 nitrogen and oxygen atoms in total. The number of alkyl halides is 2. The Hall–Kier alpha value is -1.20. The van der Waals surface area contributed by atoms with E-state index in [0.717, 1.165) is 11.8 Å². The molecule has 1 heterocycles. The maximum atomic E-state index is 13.2. The number of carbonyl (C=O) groups is 2.